The van der Waals surface area contributed by atoms with E-state index in [-0.39, 0.29) is 11.4 Å². The Labute approximate surface area is 130 Å². The van der Waals surface area contributed by atoms with Gasteiger partial charge in [-0.1, -0.05) is 17.7 Å². The maximum absolute atomic E-state index is 12.3. The predicted octanol–water partition coefficient (Wildman–Crippen LogP) is 3.33. The van der Waals surface area contributed by atoms with Gasteiger partial charge in [-0.2, -0.15) is 0 Å². The van der Waals surface area contributed by atoms with E-state index in [0.29, 0.717) is 0 Å². The van der Waals surface area contributed by atoms with Crippen molar-refractivity contribution in [3.05, 3.63) is 35.4 Å². The van der Waals surface area contributed by atoms with Gasteiger partial charge in [0.1, 0.15) is 0 Å². The van der Waals surface area contributed by atoms with Crippen LogP contribution in [0.25, 0.3) is 0 Å². The molecule has 0 N–H and O–H groups in total. The van der Waals surface area contributed by atoms with Crippen molar-refractivity contribution in [1.29, 1.82) is 0 Å². The quantitative estimate of drug-likeness (QED) is 0.762. The van der Waals surface area contributed by atoms with Gasteiger partial charge in [0.2, 0.25) is 0 Å². The summed E-state index contributed by atoms with van der Waals surface area (Å²) in [5, 5.41) is 0. The van der Waals surface area contributed by atoms with Crippen molar-refractivity contribution in [2.45, 2.75) is 39.7 Å². The fourth-order valence-corrected chi connectivity index (χ4v) is 2.06. The first-order chi connectivity index (χ1) is 9.54. The minimum absolute atomic E-state index is 0.107. The summed E-state index contributed by atoms with van der Waals surface area (Å²) in [6.45, 7) is 10.7. The van der Waals surface area contributed by atoms with Gasteiger partial charge in [-0.15, -0.1) is 0 Å². The lowest BCUT2D eigenvalue weighted by Crippen LogP contribution is -2.55. The van der Waals surface area contributed by atoms with Crippen LogP contribution >= 0.6 is 0 Å². The van der Waals surface area contributed by atoms with Crippen LogP contribution in [0.1, 0.15) is 43.1 Å². The van der Waals surface area contributed by atoms with Crippen LogP contribution < -0.4 is 0 Å². The van der Waals surface area contributed by atoms with E-state index in [1.165, 1.54) is 5.56 Å². The molecule has 1 aromatic rings. The largest absolute Gasteiger partial charge is 0.341 e. The molecule has 3 nitrogen and oxygen atoms in total. The lowest BCUT2D eigenvalue weighted by atomic mass is 10.0. The molecule has 0 bridgehead atoms. The number of aryl methyl sites for hydroxylation is 1. The highest BCUT2D eigenvalue weighted by atomic mass is 16.2. The number of amides is 1. The third-order valence-corrected chi connectivity index (χ3v) is 4.67. The van der Waals surface area contributed by atoms with Gasteiger partial charge >= 0.3 is 0 Å². The molecule has 1 rings (SSSR count). The van der Waals surface area contributed by atoms with Crippen LogP contribution in [0.3, 0.4) is 0 Å². The highest BCUT2D eigenvalue weighted by Gasteiger charge is 2.30. The molecule has 0 aliphatic carbocycles. The van der Waals surface area contributed by atoms with Gasteiger partial charge in [0.15, 0.2) is 0 Å². The first kappa shape index (κ1) is 17.7. The second kappa shape index (κ2) is 6.61. The molecule has 0 fully saturated rings. The van der Waals surface area contributed by atoms with Crippen molar-refractivity contribution in [2.24, 2.45) is 0 Å². The first-order valence-electron chi connectivity index (χ1n) is 7.70. The average molecular weight is 291 g/mol. The molecule has 0 spiro atoms. The van der Waals surface area contributed by atoms with Crippen LogP contribution in [-0.2, 0) is 0 Å². The summed E-state index contributed by atoms with van der Waals surface area (Å²) in [7, 11) is 6.39. The standard InChI is InChI=1S/C18H31N2O/c1-15-9-11-16(12-10-15)17(21)19(5)13-8-14-20(6,7)18(2,3)4/h9-12H,8,13-14H2,1-7H3/q+1. The Kier molecular flexibility index (Phi) is 5.57. The number of benzene rings is 1. The first-order valence-corrected chi connectivity index (χ1v) is 7.70. The van der Waals surface area contributed by atoms with Gasteiger partial charge < -0.3 is 9.38 Å². The van der Waals surface area contributed by atoms with E-state index < -0.39 is 0 Å². The maximum Gasteiger partial charge on any atom is 0.253 e. The summed E-state index contributed by atoms with van der Waals surface area (Å²) in [5.74, 6) is 0.107. The minimum Gasteiger partial charge on any atom is -0.341 e. The van der Waals surface area contributed by atoms with E-state index in [1.54, 1.807) is 0 Å². The normalized spacial score (nSPS) is 12.3. The molecule has 1 aromatic carbocycles. The predicted molar refractivity (Wildman–Crippen MR) is 89.5 cm³/mol. The number of quaternary nitrogens is 1. The molecule has 0 saturated carbocycles. The summed E-state index contributed by atoms with van der Waals surface area (Å²) in [5.41, 5.74) is 2.17. The van der Waals surface area contributed by atoms with Crippen LogP contribution in [0.15, 0.2) is 24.3 Å². The molecular formula is C18H31N2O+. The van der Waals surface area contributed by atoms with Gasteiger partial charge in [0.25, 0.3) is 5.91 Å². The van der Waals surface area contributed by atoms with Crippen molar-refractivity contribution in [3.63, 3.8) is 0 Å². The molecule has 0 heterocycles. The molecule has 0 aliphatic heterocycles. The Morgan fingerprint density at radius 3 is 2.14 bits per heavy atom. The second-order valence-electron chi connectivity index (χ2n) is 7.53. The Morgan fingerprint density at radius 2 is 1.67 bits per heavy atom. The number of carbonyl (C=O) groups is 1. The van der Waals surface area contributed by atoms with Crippen LogP contribution in [0.5, 0.6) is 0 Å². The van der Waals surface area contributed by atoms with Gasteiger partial charge in [-0.25, -0.2) is 0 Å². The number of rotatable bonds is 5. The smallest absolute Gasteiger partial charge is 0.253 e. The Morgan fingerprint density at radius 1 is 1.14 bits per heavy atom. The lowest BCUT2D eigenvalue weighted by Gasteiger charge is -2.42. The van der Waals surface area contributed by atoms with Crippen molar-refractivity contribution in [1.82, 2.24) is 4.90 Å². The van der Waals surface area contributed by atoms with Gasteiger partial charge in [0, 0.05) is 25.6 Å². The summed E-state index contributed by atoms with van der Waals surface area (Å²) < 4.78 is 0.958. The van der Waals surface area contributed by atoms with Crippen LogP contribution in [0.4, 0.5) is 0 Å². The molecule has 3 heteroatoms. The second-order valence-corrected chi connectivity index (χ2v) is 7.53. The molecule has 0 radical (unpaired) electrons. The molecule has 0 unspecified atom stereocenters. The Bertz CT molecular complexity index is 469. The van der Waals surface area contributed by atoms with E-state index >= 15 is 0 Å². The van der Waals surface area contributed by atoms with Gasteiger partial charge in [-0.05, 0) is 39.8 Å². The maximum atomic E-state index is 12.3. The number of hydrogen-bond donors (Lipinski definition) is 0. The number of hydrogen-bond acceptors (Lipinski definition) is 1. The van der Waals surface area contributed by atoms with Crippen molar-refractivity contribution in [3.8, 4) is 0 Å². The van der Waals surface area contributed by atoms with Crippen LogP contribution in [0.2, 0.25) is 0 Å². The Hall–Kier alpha value is -1.35. The monoisotopic (exact) mass is 291 g/mol. The molecule has 1 amide bonds. The number of nitrogens with zero attached hydrogens (tertiary/aromatic N) is 2. The highest BCUT2D eigenvalue weighted by molar-refractivity contribution is 5.94. The third kappa shape index (κ3) is 4.85. The SMILES string of the molecule is Cc1ccc(C(=O)N(C)CCC[N+](C)(C)C(C)(C)C)cc1. The third-order valence-electron chi connectivity index (χ3n) is 4.67. The zero-order valence-electron chi connectivity index (χ0n) is 14.7. The van der Waals surface area contributed by atoms with Gasteiger partial charge in [-0.3, -0.25) is 4.79 Å². The van der Waals surface area contributed by atoms with E-state index in [2.05, 4.69) is 34.9 Å². The Balaban J connectivity index is 2.53. The summed E-state index contributed by atoms with van der Waals surface area (Å²) in [6, 6.07) is 7.79. The van der Waals surface area contributed by atoms with Crippen LogP contribution in [-0.4, -0.2) is 55.1 Å². The summed E-state index contributed by atoms with van der Waals surface area (Å²) in [4.78, 5) is 14.2. The fraction of sp³-hybridized carbons (Fsp3) is 0.611. The zero-order valence-corrected chi connectivity index (χ0v) is 14.7. The van der Waals surface area contributed by atoms with Crippen molar-refractivity contribution in [2.75, 3.05) is 34.2 Å². The van der Waals surface area contributed by atoms with Crippen LogP contribution in [0, 0.1) is 6.92 Å². The van der Waals surface area contributed by atoms with Crippen molar-refractivity contribution >= 4 is 5.91 Å². The van der Waals surface area contributed by atoms with E-state index in [4.69, 9.17) is 0 Å². The fourth-order valence-electron chi connectivity index (χ4n) is 2.06. The van der Waals surface area contributed by atoms with E-state index in [0.717, 1.165) is 29.6 Å². The minimum atomic E-state index is 0.107. The summed E-state index contributed by atoms with van der Waals surface area (Å²) in [6.07, 6.45) is 1.01. The van der Waals surface area contributed by atoms with Gasteiger partial charge in [0.05, 0.1) is 26.2 Å². The van der Waals surface area contributed by atoms with Crippen molar-refractivity contribution < 1.29 is 9.28 Å². The number of carbonyl (C=O) groups excluding carboxylic acids is 1. The highest BCUT2D eigenvalue weighted by Crippen LogP contribution is 2.19. The van der Waals surface area contributed by atoms with E-state index in [1.807, 2.05) is 43.1 Å². The molecule has 0 saturated heterocycles. The lowest BCUT2D eigenvalue weighted by molar-refractivity contribution is -0.935. The molecule has 0 aromatic heterocycles. The molecule has 0 aliphatic rings. The molecule has 0 atom stereocenters. The van der Waals surface area contributed by atoms with E-state index in [9.17, 15) is 4.79 Å². The molecular weight excluding hydrogens is 260 g/mol. The molecule has 118 valence electrons. The summed E-state index contributed by atoms with van der Waals surface area (Å²) >= 11 is 0. The zero-order chi connectivity index (χ0) is 16.3. The molecule has 21 heavy (non-hydrogen) atoms. The topological polar surface area (TPSA) is 20.3 Å². The average Bonchev–Trinajstić information content (AvgIpc) is 2.37.